The third kappa shape index (κ3) is 4.49. The molecule has 21 heavy (non-hydrogen) atoms. The summed E-state index contributed by atoms with van der Waals surface area (Å²) in [6.07, 6.45) is 1.90. The van der Waals surface area contributed by atoms with Crippen LogP contribution >= 0.6 is 15.9 Å². The van der Waals surface area contributed by atoms with Crippen molar-refractivity contribution in [3.05, 3.63) is 34.1 Å². The average molecular weight is 359 g/mol. The highest BCUT2D eigenvalue weighted by Crippen LogP contribution is 2.28. The lowest BCUT2D eigenvalue weighted by Gasteiger charge is -2.37. The number of hydrogen-bond acceptors (Lipinski definition) is 3. The van der Waals surface area contributed by atoms with Gasteiger partial charge in [0.2, 0.25) is 0 Å². The summed E-state index contributed by atoms with van der Waals surface area (Å²) >= 11 is 3.20. The minimum Gasteiger partial charge on any atom is -0.384 e. The van der Waals surface area contributed by atoms with Gasteiger partial charge < -0.3 is 15.4 Å². The van der Waals surface area contributed by atoms with Crippen LogP contribution in [0.3, 0.4) is 0 Å². The first kappa shape index (κ1) is 16.4. The zero-order valence-electron chi connectivity index (χ0n) is 12.0. The molecule has 6 heteroatoms. The van der Waals surface area contributed by atoms with Gasteiger partial charge in [0, 0.05) is 29.1 Å². The maximum absolute atomic E-state index is 13.3. The molecule has 1 aliphatic heterocycles. The number of hydrogen-bond donors (Lipinski definition) is 2. The molecule has 0 aliphatic carbocycles. The summed E-state index contributed by atoms with van der Waals surface area (Å²) in [5.74, 6) is -0.688. The number of piperidine rings is 1. The van der Waals surface area contributed by atoms with Crippen LogP contribution in [0.5, 0.6) is 0 Å². The quantitative estimate of drug-likeness (QED) is 0.849. The fraction of sp³-hybridized carbons (Fsp3) is 0.533. The SMILES string of the molecule is COCC1(CNC(=O)c2cc(F)cc(Br)c2)CCNCC1. The van der Waals surface area contributed by atoms with Crippen molar-refractivity contribution in [1.29, 1.82) is 0 Å². The molecule has 0 bridgehead atoms. The Bertz CT molecular complexity index is 479. The van der Waals surface area contributed by atoms with Crippen molar-refractivity contribution in [2.75, 3.05) is 33.4 Å². The first-order valence-corrected chi connectivity index (χ1v) is 7.78. The molecule has 0 spiro atoms. The second-order valence-corrected chi connectivity index (χ2v) is 6.44. The molecule has 1 heterocycles. The van der Waals surface area contributed by atoms with Crippen molar-refractivity contribution >= 4 is 21.8 Å². The van der Waals surface area contributed by atoms with Gasteiger partial charge in [0.25, 0.3) is 5.91 Å². The van der Waals surface area contributed by atoms with E-state index in [1.54, 1.807) is 13.2 Å². The van der Waals surface area contributed by atoms with Gasteiger partial charge in [-0.1, -0.05) is 15.9 Å². The van der Waals surface area contributed by atoms with Gasteiger partial charge in [0.15, 0.2) is 0 Å². The van der Waals surface area contributed by atoms with Gasteiger partial charge in [-0.05, 0) is 44.1 Å². The van der Waals surface area contributed by atoms with E-state index in [0.717, 1.165) is 25.9 Å². The summed E-state index contributed by atoms with van der Waals surface area (Å²) in [7, 11) is 1.68. The maximum Gasteiger partial charge on any atom is 0.251 e. The third-order valence-corrected chi connectivity index (χ3v) is 4.32. The second kappa shape index (κ2) is 7.33. The molecular weight excluding hydrogens is 339 g/mol. The molecule has 1 fully saturated rings. The van der Waals surface area contributed by atoms with E-state index in [0.29, 0.717) is 23.2 Å². The Kier molecular flexibility index (Phi) is 5.72. The van der Waals surface area contributed by atoms with E-state index in [1.807, 2.05) is 0 Å². The van der Waals surface area contributed by atoms with E-state index in [9.17, 15) is 9.18 Å². The van der Waals surface area contributed by atoms with E-state index in [-0.39, 0.29) is 11.3 Å². The van der Waals surface area contributed by atoms with E-state index in [4.69, 9.17) is 4.74 Å². The summed E-state index contributed by atoms with van der Waals surface area (Å²) in [6.45, 7) is 2.99. The maximum atomic E-state index is 13.3. The fourth-order valence-corrected chi connectivity index (χ4v) is 3.16. The topological polar surface area (TPSA) is 50.4 Å². The summed E-state index contributed by atoms with van der Waals surface area (Å²) < 4.78 is 19.2. The van der Waals surface area contributed by atoms with Crippen molar-refractivity contribution in [2.45, 2.75) is 12.8 Å². The van der Waals surface area contributed by atoms with Crippen molar-refractivity contribution in [2.24, 2.45) is 5.41 Å². The number of nitrogens with one attached hydrogen (secondary N) is 2. The largest absolute Gasteiger partial charge is 0.384 e. The van der Waals surface area contributed by atoms with Crippen LogP contribution in [-0.4, -0.2) is 39.3 Å². The Labute approximate surface area is 132 Å². The first-order chi connectivity index (χ1) is 10.0. The number of methoxy groups -OCH3 is 1. The Hall–Kier alpha value is -0.980. The normalized spacial score (nSPS) is 17.5. The number of carbonyl (C=O) groups excluding carboxylic acids is 1. The Morgan fingerprint density at radius 1 is 1.43 bits per heavy atom. The van der Waals surface area contributed by atoms with Gasteiger partial charge >= 0.3 is 0 Å². The molecule has 116 valence electrons. The number of ether oxygens (including phenoxy) is 1. The van der Waals surface area contributed by atoms with Crippen LogP contribution in [0.25, 0.3) is 0 Å². The minimum absolute atomic E-state index is 0.0415. The molecule has 0 atom stereocenters. The summed E-state index contributed by atoms with van der Waals surface area (Å²) in [6, 6.07) is 4.19. The Morgan fingerprint density at radius 3 is 2.76 bits per heavy atom. The first-order valence-electron chi connectivity index (χ1n) is 6.99. The molecule has 2 rings (SSSR count). The molecule has 1 aromatic carbocycles. The molecule has 1 amide bonds. The molecule has 0 radical (unpaired) electrons. The molecule has 1 aliphatic rings. The number of halogens is 2. The second-order valence-electron chi connectivity index (χ2n) is 5.52. The van der Waals surface area contributed by atoms with E-state index < -0.39 is 5.82 Å². The summed E-state index contributed by atoms with van der Waals surface area (Å²) in [5.41, 5.74) is 0.281. The van der Waals surface area contributed by atoms with E-state index in [1.165, 1.54) is 12.1 Å². The molecule has 2 N–H and O–H groups in total. The van der Waals surface area contributed by atoms with Gasteiger partial charge in [-0.3, -0.25) is 4.79 Å². The molecular formula is C15H20BrFN2O2. The van der Waals surface area contributed by atoms with Crippen LogP contribution in [0.15, 0.2) is 22.7 Å². The lowest BCUT2D eigenvalue weighted by atomic mass is 9.79. The number of carbonyl (C=O) groups is 1. The number of rotatable bonds is 5. The smallest absolute Gasteiger partial charge is 0.251 e. The molecule has 0 saturated carbocycles. The number of benzene rings is 1. The van der Waals surface area contributed by atoms with Crippen molar-refractivity contribution in [3.8, 4) is 0 Å². The van der Waals surface area contributed by atoms with E-state index in [2.05, 4.69) is 26.6 Å². The molecule has 1 saturated heterocycles. The number of amides is 1. The third-order valence-electron chi connectivity index (χ3n) is 3.86. The predicted octanol–water partition coefficient (Wildman–Crippen LogP) is 2.33. The van der Waals surface area contributed by atoms with Gasteiger partial charge in [-0.2, -0.15) is 0 Å². The average Bonchev–Trinajstić information content (AvgIpc) is 2.45. The highest BCUT2D eigenvalue weighted by atomic mass is 79.9. The van der Waals surface area contributed by atoms with Crippen molar-refractivity contribution in [3.63, 3.8) is 0 Å². The van der Waals surface area contributed by atoms with Crippen molar-refractivity contribution < 1.29 is 13.9 Å². The van der Waals surface area contributed by atoms with Crippen LogP contribution in [0.2, 0.25) is 0 Å². The van der Waals surface area contributed by atoms with Gasteiger partial charge in [-0.25, -0.2) is 4.39 Å². The highest BCUT2D eigenvalue weighted by molar-refractivity contribution is 9.10. The van der Waals surface area contributed by atoms with Gasteiger partial charge in [-0.15, -0.1) is 0 Å². The van der Waals surface area contributed by atoms with Crippen LogP contribution < -0.4 is 10.6 Å². The molecule has 4 nitrogen and oxygen atoms in total. The fourth-order valence-electron chi connectivity index (χ4n) is 2.69. The van der Waals surface area contributed by atoms with Gasteiger partial charge in [0.05, 0.1) is 6.61 Å². The van der Waals surface area contributed by atoms with Crippen LogP contribution in [-0.2, 0) is 4.74 Å². The Balaban J connectivity index is 2.01. The van der Waals surface area contributed by atoms with Crippen molar-refractivity contribution in [1.82, 2.24) is 10.6 Å². The minimum atomic E-state index is -0.428. The zero-order valence-corrected chi connectivity index (χ0v) is 13.6. The molecule has 0 aromatic heterocycles. The summed E-state index contributed by atoms with van der Waals surface area (Å²) in [5, 5.41) is 6.22. The Morgan fingerprint density at radius 2 is 2.14 bits per heavy atom. The highest BCUT2D eigenvalue weighted by Gasteiger charge is 2.32. The standard InChI is InChI=1S/C15H20BrFN2O2/c1-21-10-15(2-4-18-5-3-15)9-19-14(20)11-6-12(16)8-13(17)7-11/h6-8,18H,2-5,9-10H2,1H3,(H,19,20). The zero-order chi connectivity index (χ0) is 15.3. The molecule has 0 unspecified atom stereocenters. The summed E-state index contributed by atoms with van der Waals surface area (Å²) in [4.78, 5) is 12.2. The van der Waals surface area contributed by atoms with Gasteiger partial charge in [0.1, 0.15) is 5.82 Å². The van der Waals surface area contributed by atoms with E-state index >= 15 is 0 Å². The van der Waals surface area contributed by atoms with Crippen LogP contribution in [0.1, 0.15) is 23.2 Å². The van der Waals surface area contributed by atoms with Crippen LogP contribution in [0.4, 0.5) is 4.39 Å². The molecule has 1 aromatic rings. The monoisotopic (exact) mass is 358 g/mol. The predicted molar refractivity (Wildman–Crippen MR) is 82.8 cm³/mol. The lowest BCUT2D eigenvalue weighted by molar-refractivity contribution is 0.0511. The lowest BCUT2D eigenvalue weighted by Crippen LogP contribution is -2.47. The van der Waals surface area contributed by atoms with Crippen LogP contribution in [0, 0.1) is 11.2 Å².